The maximum Gasteiger partial charge on any atom is 0.128 e. The van der Waals surface area contributed by atoms with E-state index < -0.39 is 0 Å². The molecule has 3 N–H and O–H groups in total. The average molecular weight is 337 g/mol. The van der Waals surface area contributed by atoms with E-state index in [1.165, 1.54) is 0 Å². The third-order valence-electron chi connectivity index (χ3n) is 3.38. The average Bonchev–Trinajstić information content (AvgIpc) is 2.38. The minimum absolute atomic E-state index is 0.206. The van der Waals surface area contributed by atoms with E-state index in [1.54, 1.807) is 6.07 Å². The van der Waals surface area contributed by atoms with Crippen molar-refractivity contribution in [2.24, 2.45) is 5.84 Å². The van der Waals surface area contributed by atoms with Gasteiger partial charge < -0.3 is 0 Å². The fourth-order valence-electron chi connectivity index (χ4n) is 2.47. The van der Waals surface area contributed by atoms with Crippen molar-refractivity contribution in [1.29, 1.82) is 0 Å². The highest BCUT2D eigenvalue weighted by atomic mass is 79.9. The SMILES string of the molecule is Cc1cc(C)c(C(Cc2ccc(Br)cc2)NN)c(F)c1. The van der Waals surface area contributed by atoms with Crippen LogP contribution >= 0.6 is 15.9 Å². The number of aryl methyl sites for hydroxylation is 2. The van der Waals surface area contributed by atoms with Crippen LogP contribution in [0.5, 0.6) is 0 Å². The first-order valence-electron chi connectivity index (χ1n) is 6.48. The Morgan fingerprint density at radius 3 is 2.40 bits per heavy atom. The van der Waals surface area contributed by atoms with Gasteiger partial charge in [0.05, 0.1) is 6.04 Å². The number of hydrogen-bond acceptors (Lipinski definition) is 2. The summed E-state index contributed by atoms with van der Waals surface area (Å²) in [6.45, 7) is 3.80. The highest BCUT2D eigenvalue weighted by Gasteiger charge is 2.18. The summed E-state index contributed by atoms with van der Waals surface area (Å²) in [4.78, 5) is 0. The van der Waals surface area contributed by atoms with Gasteiger partial charge in [-0.05, 0) is 55.2 Å². The zero-order valence-corrected chi connectivity index (χ0v) is 13.2. The van der Waals surface area contributed by atoms with Crippen LogP contribution in [0.4, 0.5) is 4.39 Å². The van der Waals surface area contributed by atoms with Gasteiger partial charge in [0.15, 0.2) is 0 Å². The molecule has 1 atom stereocenters. The molecule has 0 fully saturated rings. The van der Waals surface area contributed by atoms with Gasteiger partial charge >= 0.3 is 0 Å². The van der Waals surface area contributed by atoms with Crippen molar-refractivity contribution in [1.82, 2.24) is 5.43 Å². The van der Waals surface area contributed by atoms with Crippen LogP contribution in [-0.2, 0) is 6.42 Å². The summed E-state index contributed by atoms with van der Waals surface area (Å²) in [5, 5.41) is 0. The summed E-state index contributed by atoms with van der Waals surface area (Å²) < 4.78 is 15.2. The van der Waals surface area contributed by atoms with Crippen molar-refractivity contribution in [3.8, 4) is 0 Å². The van der Waals surface area contributed by atoms with Gasteiger partial charge in [0.25, 0.3) is 0 Å². The Balaban J connectivity index is 2.31. The molecule has 0 spiro atoms. The molecule has 106 valence electrons. The summed E-state index contributed by atoms with van der Waals surface area (Å²) in [7, 11) is 0. The van der Waals surface area contributed by atoms with Crippen molar-refractivity contribution >= 4 is 15.9 Å². The molecule has 0 saturated heterocycles. The molecule has 1 unspecified atom stereocenters. The van der Waals surface area contributed by atoms with E-state index in [1.807, 2.05) is 44.2 Å². The molecule has 0 aliphatic heterocycles. The molecule has 4 heteroatoms. The van der Waals surface area contributed by atoms with E-state index in [0.29, 0.717) is 12.0 Å². The number of benzene rings is 2. The van der Waals surface area contributed by atoms with Crippen LogP contribution < -0.4 is 11.3 Å². The van der Waals surface area contributed by atoms with Gasteiger partial charge in [0.1, 0.15) is 5.82 Å². The zero-order valence-electron chi connectivity index (χ0n) is 11.6. The standard InChI is InChI=1S/C16H18BrFN2/c1-10-7-11(2)16(14(18)8-10)15(20-19)9-12-3-5-13(17)6-4-12/h3-8,15,20H,9,19H2,1-2H3. The minimum Gasteiger partial charge on any atom is -0.271 e. The molecule has 0 heterocycles. The van der Waals surface area contributed by atoms with Gasteiger partial charge in [0, 0.05) is 10.0 Å². The van der Waals surface area contributed by atoms with Gasteiger partial charge in [-0.3, -0.25) is 11.3 Å². The largest absolute Gasteiger partial charge is 0.271 e. The maximum atomic E-state index is 14.2. The molecule has 2 rings (SSSR count). The van der Waals surface area contributed by atoms with Crippen LogP contribution in [0.2, 0.25) is 0 Å². The zero-order chi connectivity index (χ0) is 14.7. The van der Waals surface area contributed by atoms with Crippen molar-refractivity contribution in [3.05, 3.63) is 68.9 Å². The lowest BCUT2D eigenvalue weighted by atomic mass is 9.94. The van der Waals surface area contributed by atoms with E-state index in [-0.39, 0.29) is 11.9 Å². The first-order chi connectivity index (χ1) is 9.51. The van der Waals surface area contributed by atoms with Crippen LogP contribution in [0.25, 0.3) is 0 Å². The molecule has 0 amide bonds. The number of nitrogens with one attached hydrogen (secondary N) is 1. The second-order valence-corrected chi connectivity index (χ2v) is 5.94. The monoisotopic (exact) mass is 336 g/mol. The van der Waals surface area contributed by atoms with Crippen molar-refractivity contribution in [2.75, 3.05) is 0 Å². The van der Waals surface area contributed by atoms with Gasteiger partial charge in [0.2, 0.25) is 0 Å². The molecule has 0 aliphatic carbocycles. The lowest BCUT2D eigenvalue weighted by Crippen LogP contribution is -2.31. The number of halogens is 2. The quantitative estimate of drug-likeness (QED) is 0.655. The van der Waals surface area contributed by atoms with E-state index in [9.17, 15) is 4.39 Å². The molecule has 20 heavy (non-hydrogen) atoms. The van der Waals surface area contributed by atoms with Crippen molar-refractivity contribution < 1.29 is 4.39 Å². The highest BCUT2D eigenvalue weighted by Crippen LogP contribution is 2.26. The molecule has 0 aromatic heterocycles. The molecule has 2 nitrogen and oxygen atoms in total. The highest BCUT2D eigenvalue weighted by molar-refractivity contribution is 9.10. The molecule has 0 saturated carbocycles. The van der Waals surface area contributed by atoms with Crippen molar-refractivity contribution in [2.45, 2.75) is 26.3 Å². The second-order valence-electron chi connectivity index (χ2n) is 5.03. The van der Waals surface area contributed by atoms with E-state index >= 15 is 0 Å². The lowest BCUT2D eigenvalue weighted by Gasteiger charge is -2.20. The normalized spacial score (nSPS) is 12.4. The molecule has 0 aliphatic rings. The first-order valence-corrected chi connectivity index (χ1v) is 7.27. The Bertz CT molecular complexity index is 573. The summed E-state index contributed by atoms with van der Waals surface area (Å²) in [6.07, 6.45) is 0.643. The number of hydrogen-bond donors (Lipinski definition) is 2. The van der Waals surface area contributed by atoms with Crippen LogP contribution in [0.15, 0.2) is 40.9 Å². The van der Waals surface area contributed by atoms with Crippen LogP contribution in [0.3, 0.4) is 0 Å². The number of rotatable bonds is 4. The lowest BCUT2D eigenvalue weighted by molar-refractivity contribution is 0.507. The molecule has 0 bridgehead atoms. The van der Waals surface area contributed by atoms with Gasteiger partial charge in [-0.1, -0.05) is 34.1 Å². The summed E-state index contributed by atoms with van der Waals surface area (Å²) in [5.74, 6) is 5.43. The molecule has 2 aromatic rings. The fraction of sp³-hybridized carbons (Fsp3) is 0.250. The van der Waals surface area contributed by atoms with Crippen LogP contribution in [0.1, 0.15) is 28.3 Å². The predicted octanol–water partition coefficient (Wildman–Crippen LogP) is 3.95. The van der Waals surface area contributed by atoms with Crippen molar-refractivity contribution in [3.63, 3.8) is 0 Å². The topological polar surface area (TPSA) is 38.0 Å². The minimum atomic E-state index is -0.239. The Kier molecular flexibility index (Phi) is 4.91. The van der Waals surface area contributed by atoms with E-state index in [4.69, 9.17) is 5.84 Å². The second kappa shape index (κ2) is 6.48. The van der Waals surface area contributed by atoms with E-state index in [2.05, 4.69) is 21.4 Å². The molecule has 2 aromatic carbocycles. The number of hydrazine groups is 1. The Labute approximate surface area is 127 Å². The predicted molar refractivity (Wildman–Crippen MR) is 83.8 cm³/mol. The molecule has 0 radical (unpaired) electrons. The Morgan fingerprint density at radius 2 is 1.85 bits per heavy atom. The summed E-state index contributed by atoms with van der Waals surface area (Å²) >= 11 is 3.40. The van der Waals surface area contributed by atoms with Crippen LogP contribution in [-0.4, -0.2) is 0 Å². The third-order valence-corrected chi connectivity index (χ3v) is 3.91. The van der Waals surface area contributed by atoms with E-state index in [0.717, 1.165) is 21.2 Å². The van der Waals surface area contributed by atoms with Gasteiger partial charge in [-0.25, -0.2) is 4.39 Å². The summed E-state index contributed by atoms with van der Waals surface area (Å²) in [5.41, 5.74) is 6.32. The smallest absolute Gasteiger partial charge is 0.128 e. The summed E-state index contributed by atoms with van der Waals surface area (Å²) in [6, 6.07) is 11.3. The molecular weight excluding hydrogens is 319 g/mol. The third kappa shape index (κ3) is 3.45. The Hall–Kier alpha value is -1.23. The fourth-order valence-corrected chi connectivity index (χ4v) is 2.73. The van der Waals surface area contributed by atoms with Gasteiger partial charge in [-0.15, -0.1) is 0 Å². The maximum absolute atomic E-state index is 14.2. The Morgan fingerprint density at radius 1 is 1.20 bits per heavy atom. The van der Waals surface area contributed by atoms with Gasteiger partial charge in [-0.2, -0.15) is 0 Å². The first kappa shape index (κ1) is 15.2. The van der Waals surface area contributed by atoms with Crippen LogP contribution in [0, 0.1) is 19.7 Å². The number of nitrogens with two attached hydrogens (primary N) is 1. The molecular formula is C16H18BrFN2.